The lowest BCUT2D eigenvalue weighted by atomic mass is 10.2. The molecule has 3 nitrogen and oxygen atoms in total. The Hall–Kier alpha value is -1.13. The van der Waals surface area contributed by atoms with Crippen LogP contribution in [-0.2, 0) is 6.61 Å². The molecular weight excluding hydrogens is 209 g/mol. The quantitative estimate of drug-likeness (QED) is 0.793. The normalized spacial score (nSPS) is 15.2. The molecule has 4 heteroatoms. The van der Waals surface area contributed by atoms with Crippen molar-refractivity contribution in [2.45, 2.75) is 25.5 Å². The van der Waals surface area contributed by atoms with E-state index in [-0.39, 0.29) is 19.0 Å². The van der Waals surface area contributed by atoms with Crippen molar-refractivity contribution in [3.05, 3.63) is 29.6 Å². The van der Waals surface area contributed by atoms with Crippen LogP contribution in [0.2, 0.25) is 0 Å². The first-order chi connectivity index (χ1) is 7.76. The number of halogens is 1. The fraction of sp³-hybridized carbons (Fsp3) is 0.500. The van der Waals surface area contributed by atoms with Crippen LogP contribution in [0.15, 0.2) is 18.2 Å². The molecule has 0 aliphatic heterocycles. The number of hydrogen-bond acceptors (Lipinski definition) is 3. The van der Waals surface area contributed by atoms with Gasteiger partial charge in [0.25, 0.3) is 0 Å². The average molecular weight is 225 g/mol. The topological polar surface area (TPSA) is 43.7 Å². The molecule has 2 rings (SSSR count). The molecule has 0 radical (unpaired) electrons. The Kier molecular flexibility index (Phi) is 3.41. The third kappa shape index (κ3) is 2.33. The zero-order chi connectivity index (χ0) is 11.5. The van der Waals surface area contributed by atoms with Gasteiger partial charge in [-0.2, -0.15) is 0 Å². The van der Waals surface area contributed by atoms with Crippen molar-refractivity contribution in [1.29, 1.82) is 0 Å². The van der Waals surface area contributed by atoms with Gasteiger partial charge < -0.3 is 15.1 Å². The number of nitrogens with zero attached hydrogens (tertiary/aromatic N) is 1. The number of rotatable bonds is 5. The van der Waals surface area contributed by atoms with Crippen LogP contribution >= 0.6 is 0 Å². The summed E-state index contributed by atoms with van der Waals surface area (Å²) in [7, 11) is 0. The molecule has 0 aromatic heterocycles. The zero-order valence-electron chi connectivity index (χ0n) is 9.06. The summed E-state index contributed by atoms with van der Waals surface area (Å²) in [5.41, 5.74) is 1.09. The van der Waals surface area contributed by atoms with Gasteiger partial charge >= 0.3 is 0 Å². The third-order valence-corrected chi connectivity index (χ3v) is 2.83. The Labute approximate surface area is 94.1 Å². The van der Waals surface area contributed by atoms with E-state index in [2.05, 4.69) is 0 Å². The second-order valence-electron chi connectivity index (χ2n) is 4.09. The zero-order valence-corrected chi connectivity index (χ0v) is 9.06. The summed E-state index contributed by atoms with van der Waals surface area (Å²) in [6, 6.07) is 5.10. The summed E-state index contributed by atoms with van der Waals surface area (Å²) in [6.45, 7) is 0.332. The van der Waals surface area contributed by atoms with Crippen molar-refractivity contribution in [3.8, 4) is 0 Å². The molecule has 1 aliphatic carbocycles. The van der Waals surface area contributed by atoms with E-state index in [4.69, 9.17) is 10.2 Å². The van der Waals surface area contributed by atoms with Crippen LogP contribution in [0.1, 0.15) is 18.4 Å². The summed E-state index contributed by atoms with van der Waals surface area (Å²) in [6.07, 6.45) is 2.11. The van der Waals surface area contributed by atoms with E-state index < -0.39 is 0 Å². The number of aliphatic hydroxyl groups excluding tert-OH is 2. The first-order valence-corrected chi connectivity index (χ1v) is 5.53. The van der Waals surface area contributed by atoms with Crippen molar-refractivity contribution in [1.82, 2.24) is 0 Å². The monoisotopic (exact) mass is 225 g/mol. The van der Waals surface area contributed by atoms with Gasteiger partial charge in [-0.25, -0.2) is 4.39 Å². The van der Waals surface area contributed by atoms with Gasteiger partial charge in [0.1, 0.15) is 5.82 Å². The highest BCUT2D eigenvalue weighted by atomic mass is 19.1. The Balaban J connectivity index is 2.22. The fourth-order valence-corrected chi connectivity index (χ4v) is 1.88. The molecule has 0 heterocycles. The van der Waals surface area contributed by atoms with Crippen molar-refractivity contribution in [3.63, 3.8) is 0 Å². The van der Waals surface area contributed by atoms with Crippen LogP contribution in [0.5, 0.6) is 0 Å². The van der Waals surface area contributed by atoms with Gasteiger partial charge in [0.05, 0.1) is 18.9 Å². The minimum Gasteiger partial charge on any atom is -0.395 e. The Bertz CT molecular complexity index is 366. The summed E-state index contributed by atoms with van der Waals surface area (Å²) in [4.78, 5) is 1.90. The van der Waals surface area contributed by atoms with Gasteiger partial charge in [-0.05, 0) is 30.5 Å². The fourth-order valence-electron chi connectivity index (χ4n) is 1.88. The average Bonchev–Trinajstić information content (AvgIpc) is 3.10. The highest BCUT2D eigenvalue weighted by Gasteiger charge is 2.30. The summed E-state index contributed by atoms with van der Waals surface area (Å²) in [5, 5.41) is 17.9. The van der Waals surface area contributed by atoms with Crippen molar-refractivity contribution in [2.24, 2.45) is 0 Å². The van der Waals surface area contributed by atoms with E-state index in [9.17, 15) is 4.39 Å². The number of aliphatic hydroxyl groups is 2. The second kappa shape index (κ2) is 4.80. The maximum atomic E-state index is 13.8. The van der Waals surface area contributed by atoms with Crippen molar-refractivity contribution in [2.75, 3.05) is 18.1 Å². The molecule has 88 valence electrons. The highest BCUT2D eigenvalue weighted by Crippen LogP contribution is 2.33. The molecule has 2 N–H and O–H groups in total. The number of anilines is 1. The van der Waals surface area contributed by atoms with Gasteiger partial charge in [-0.3, -0.25) is 0 Å². The molecule has 1 aromatic rings. The van der Waals surface area contributed by atoms with E-state index >= 15 is 0 Å². The molecule has 0 amide bonds. The van der Waals surface area contributed by atoms with Crippen LogP contribution in [0.25, 0.3) is 0 Å². The van der Waals surface area contributed by atoms with Gasteiger partial charge in [0.15, 0.2) is 0 Å². The lowest BCUT2D eigenvalue weighted by molar-refractivity contribution is 0.281. The Morgan fingerprint density at radius 2 is 2.06 bits per heavy atom. The molecule has 1 saturated carbocycles. The first kappa shape index (κ1) is 11.4. The SMILES string of the molecule is OCCN(c1ccc(CO)cc1F)C1CC1. The largest absolute Gasteiger partial charge is 0.395 e. The van der Waals surface area contributed by atoms with E-state index in [1.165, 1.54) is 6.07 Å². The van der Waals surface area contributed by atoms with Crippen LogP contribution in [-0.4, -0.2) is 29.4 Å². The van der Waals surface area contributed by atoms with Crippen LogP contribution < -0.4 is 4.90 Å². The maximum absolute atomic E-state index is 13.8. The second-order valence-corrected chi connectivity index (χ2v) is 4.09. The van der Waals surface area contributed by atoms with Gasteiger partial charge in [0, 0.05) is 12.6 Å². The summed E-state index contributed by atoms with van der Waals surface area (Å²) in [5.74, 6) is -0.327. The van der Waals surface area contributed by atoms with Crippen LogP contribution in [0.4, 0.5) is 10.1 Å². The van der Waals surface area contributed by atoms with E-state index in [0.717, 1.165) is 12.8 Å². The minimum absolute atomic E-state index is 0.0255. The van der Waals surface area contributed by atoms with E-state index in [0.29, 0.717) is 23.8 Å². The lowest BCUT2D eigenvalue weighted by Crippen LogP contribution is -2.29. The molecule has 0 saturated heterocycles. The standard InChI is InChI=1S/C12H16FNO2/c13-11-7-9(8-16)1-4-12(11)14(5-6-15)10-2-3-10/h1,4,7,10,15-16H,2-3,5-6,8H2. The molecule has 0 spiro atoms. The molecule has 0 unspecified atom stereocenters. The highest BCUT2D eigenvalue weighted by molar-refractivity contribution is 5.51. The van der Waals surface area contributed by atoms with Gasteiger partial charge in [0.2, 0.25) is 0 Å². The van der Waals surface area contributed by atoms with E-state index in [1.807, 2.05) is 4.90 Å². The molecular formula is C12H16FNO2. The van der Waals surface area contributed by atoms with Gasteiger partial charge in [-0.15, -0.1) is 0 Å². The Morgan fingerprint density at radius 1 is 1.31 bits per heavy atom. The molecule has 16 heavy (non-hydrogen) atoms. The lowest BCUT2D eigenvalue weighted by Gasteiger charge is -2.24. The minimum atomic E-state index is -0.327. The molecule has 1 aliphatic rings. The predicted molar refractivity (Wildman–Crippen MR) is 59.8 cm³/mol. The first-order valence-electron chi connectivity index (χ1n) is 5.53. The maximum Gasteiger partial charge on any atom is 0.146 e. The number of hydrogen-bond donors (Lipinski definition) is 2. The Morgan fingerprint density at radius 3 is 2.56 bits per heavy atom. The third-order valence-electron chi connectivity index (χ3n) is 2.83. The molecule has 1 aromatic carbocycles. The predicted octanol–water partition coefficient (Wildman–Crippen LogP) is 1.28. The van der Waals surface area contributed by atoms with Crippen molar-refractivity contribution >= 4 is 5.69 Å². The smallest absolute Gasteiger partial charge is 0.146 e. The molecule has 0 bridgehead atoms. The number of benzene rings is 1. The van der Waals surface area contributed by atoms with Crippen molar-refractivity contribution < 1.29 is 14.6 Å². The van der Waals surface area contributed by atoms with E-state index in [1.54, 1.807) is 12.1 Å². The summed E-state index contributed by atoms with van der Waals surface area (Å²) < 4.78 is 13.8. The van der Waals surface area contributed by atoms with Crippen LogP contribution in [0, 0.1) is 5.82 Å². The van der Waals surface area contributed by atoms with Crippen LogP contribution in [0.3, 0.4) is 0 Å². The van der Waals surface area contributed by atoms with Gasteiger partial charge in [-0.1, -0.05) is 6.07 Å². The summed E-state index contributed by atoms with van der Waals surface area (Å²) >= 11 is 0. The molecule has 0 atom stereocenters. The molecule has 1 fully saturated rings.